The molecule has 218 valence electrons. The molecule has 0 aromatic heterocycles. The third kappa shape index (κ3) is 7.30. The molecule has 14 nitrogen and oxygen atoms in total. The molecule has 1 aromatic rings. The van der Waals surface area contributed by atoms with Gasteiger partial charge in [-0.15, -0.1) is 0 Å². The molecule has 2 heterocycles. The number of carbonyl (C=O) groups excluding carboxylic acids is 6. The molecule has 3 rings (SSSR count). The van der Waals surface area contributed by atoms with E-state index in [1.807, 2.05) is 0 Å². The number of imide groups is 2. The van der Waals surface area contributed by atoms with Crippen LogP contribution in [0.3, 0.4) is 0 Å². The van der Waals surface area contributed by atoms with Gasteiger partial charge in [0.05, 0.1) is 44.1 Å². The summed E-state index contributed by atoms with van der Waals surface area (Å²) in [7, 11) is 0. The van der Waals surface area contributed by atoms with Gasteiger partial charge in [-0.2, -0.15) is 18.2 Å². The summed E-state index contributed by atoms with van der Waals surface area (Å²) in [5.74, 6) is -7.33. The van der Waals surface area contributed by atoms with Crippen LogP contribution in [0.5, 0.6) is 5.75 Å². The number of benzene rings is 1. The Morgan fingerprint density at radius 1 is 1.05 bits per heavy atom. The van der Waals surface area contributed by atoms with Crippen molar-refractivity contribution in [2.75, 3.05) is 46.1 Å². The van der Waals surface area contributed by atoms with Gasteiger partial charge in [0, 0.05) is 13.0 Å². The number of nitrogens with zero attached hydrogens (tertiary/aromatic N) is 2. The van der Waals surface area contributed by atoms with Crippen LogP contribution in [0.4, 0.5) is 13.2 Å². The minimum absolute atomic E-state index is 0.0156. The van der Waals surface area contributed by atoms with Crippen molar-refractivity contribution in [3.05, 3.63) is 29.3 Å². The summed E-state index contributed by atoms with van der Waals surface area (Å²) in [6.45, 7) is -1.26. The number of amides is 5. The molecule has 0 aliphatic carbocycles. The Bertz CT molecular complexity index is 1180. The van der Waals surface area contributed by atoms with Crippen molar-refractivity contribution in [1.29, 1.82) is 0 Å². The van der Waals surface area contributed by atoms with Gasteiger partial charge >= 0.3 is 12.1 Å². The van der Waals surface area contributed by atoms with Crippen molar-refractivity contribution in [2.45, 2.75) is 25.1 Å². The molecule has 17 heteroatoms. The Hall–Kier alpha value is -4.09. The Morgan fingerprint density at radius 3 is 2.40 bits per heavy atom. The first-order valence-electron chi connectivity index (χ1n) is 11.9. The molecular formula is C23H25F3N4O10. The van der Waals surface area contributed by atoms with Crippen molar-refractivity contribution in [1.82, 2.24) is 15.3 Å². The summed E-state index contributed by atoms with van der Waals surface area (Å²) in [5.41, 5.74) is 4.83. The van der Waals surface area contributed by atoms with Crippen LogP contribution >= 0.6 is 0 Å². The smallest absolute Gasteiger partial charge is 0.483 e. The number of piperidine rings is 1. The fourth-order valence-electron chi connectivity index (χ4n) is 3.74. The van der Waals surface area contributed by atoms with Gasteiger partial charge in [0.25, 0.3) is 17.7 Å². The summed E-state index contributed by atoms with van der Waals surface area (Å²) in [4.78, 5) is 78.5. The first kappa shape index (κ1) is 30.5. The van der Waals surface area contributed by atoms with Gasteiger partial charge in [0.1, 0.15) is 11.8 Å². The van der Waals surface area contributed by atoms with Gasteiger partial charge in [0.2, 0.25) is 11.8 Å². The number of nitrogens with one attached hydrogen (secondary N) is 1. The maximum atomic E-state index is 13.1. The summed E-state index contributed by atoms with van der Waals surface area (Å²) < 4.78 is 53.7. The summed E-state index contributed by atoms with van der Waals surface area (Å²) in [6, 6.07) is 2.57. The number of rotatable bonds is 12. The zero-order chi connectivity index (χ0) is 29.4. The van der Waals surface area contributed by atoms with E-state index < -0.39 is 60.9 Å². The number of nitrogens with two attached hydrogens (primary N) is 1. The van der Waals surface area contributed by atoms with Crippen molar-refractivity contribution < 1.29 is 61.0 Å². The third-order valence-electron chi connectivity index (χ3n) is 5.56. The average molecular weight is 574 g/mol. The Morgan fingerprint density at radius 2 is 1.75 bits per heavy atom. The monoisotopic (exact) mass is 574 g/mol. The molecule has 1 atom stereocenters. The van der Waals surface area contributed by atoms with E-state index in [0.29, 0.717) is 4.90 Å². The Kier molecular flexibility index (Phi) is 10.1. The number of halogens is 3. The number of ether oxygens (including phenoxy) is 3. The number of alkyl halides is 3. The molecule has 1 unspecified atom stereocenters. The molecule has 5 amide bonds. The first-order chi connectivity index (χ1) is 19.0. The van der Waals surface area contributed by atoms with Crippen molar-refractivity contribution in [3.8, 4) is 5.75 Å². The summed E-state index contributed by atoms with van der Waals surface area (Å²) in [6.07, 6.45) is -5.59. The van der Waals surface area contributed by atoms with Crippen molar-refractivity contribution >= 4 is 35.5 Å². The molecule has 0 radical (unpaired) electrons. The van der Waals surface area contributed by atoms with E-state index in [-0.39, 0.29) is 67.8 Å². The van der Waals surface area contributed by atoms with E-state index in [2.05, 4.69) is 10.2 Å². The number of fused-ring (bicyclic) bond motifs is 1. The zero-order valence-electron chi connectivity index (χ0n) is 20.9. The number of hydrogen-bond donors (Lipinski definition) is 2. The highest BCUT2D eigenvalue weighted by atomic mass is 19.4. The summed E-state index contributed by atoms with van der Waals surface area (Å²) in [5, 5.41) is 2.15. The Labute approximate surface area is 224 Å². The van der Waals surface area contributed by atoms with Crippen molar-refractivity contribution in [3.63, 3.8) is 0 Å². The molecule has 0 bridgehead atoms. The van der Waals surface area contributed by atoms with Gasteiger partial charge in [-0.25, -0.2) is 4.79 Å². The first-order valence-corrected chi connectivity index (χ1v) is 11.9. The molecule has 0 saturated carbocycles. The second-order valence-corrected chi connectivity index (χ2v) is 8.30. The second-order valence-electron chi connectivity index (χ2n) is 8.30. The lowest BCUT2D eigenvalue weighted by molar-refractivity contribution is -0.238. The lowest BCUT2D eigenvalue weighted by Gasteiger charge is -2.27. The highest BCUT2D eigenvalue weighted by Crippen LogP contribution is 2.33. The second kappa shape index (κ2) is 13.3. The molecule has 2 aliphatic rings. The van der Waals surface area contributed by atoms with Gasteiger partial charge in [-0.05, 0) is 18.6 Å². The normalized spacial score (nSPS) is 17.0. The van der Waals surface area contributed by atoms with Gasteiger partial charge in [-0.1, -0.05) is 6.07 Å². The zero-order valence-corrected chi connectivity index (χ0v) is 20.9. The fourth-order valence-corrected chi connectivity index (χ4v) is 3.74. The quantitative estimate of drug-likeness (QED) is 0.183. The largest absolute Gasteiger partial charge is 0.493 e. The van der Waals surface area contributed by atoms with Gasteiger partial charge in [-0.3, -0.25) is 34.2 Å². The van der Waals surface area contributed by atoms with Crippen molar-refractivity contribution in [2.24, 2.45) is 5.73 Å². The van der Waals surface area contributed by atoms with Crippen LogP contribution in [-0.4, -0.2) is 104 Å². The SMILES string of the molecule is NCCOCCOCCN(OC(=O)C(F)(F)F)C(=O)COc1cccc2c1C(=O)N(C1CCC(=O)NC1=O)C2=O. The molecular weight excluding hydrogens is 549 g/mol. The fraction of sp³-hybridized carbons (Fsp3) is 0.478. The molecule has 40 heavy (non-hydrogen) atoms. The van der Waals surface area contributed by atoms with E-state index in [1.54, 1.807) is 0 Å². The van der Waals surface area contributed by atoms with E-state index in [0.717, 1.165) is 0 Å². The van der Waals surface area contributed by atoms with E-state index in [9.17, 15) is 41.9 Å². The summed E-state index contributed by atoms with van der Waals surface area (Å²) >= 11 is 0. The molecule has 2 aliphatic heterocycles. The van der Waals surface area contributed by atoms with Crippen LogP contribution in [0.2, 0.25) is 0 Å². The van der Waals surface area contributed by atoms with E-state index in [1.165, 1.54) is 18.2 Å². The van der Waals surface area contributed by atoms with Crippen LogP contribution in [0, 0.1) is 0 Å². The predicted molar refractivity (Wildman–Crippen MR) is 123 cm³/mol. The van der Waals surface area contributed by atoms with Crippen LogP contribution in [0.1, 0.15) is 33.6 Å². The molecule has 1 saturated heterocycles. The number of carbonyl (C=O) groups is 6. The van der Waals surface area contributed by atoms with Crippen LogP contribution in [-0.2, 0) is 33.5 Å². The minimum atomic E-state index is -5.40. The van der Waals surface area contributed by atoms with Gasteiger partial charge in [0.15, 0.2) is 6.61 Å². The molecule has 1 fully saturated rings. The lowest BCUT2D eigenvalue weighted by atomic mass is 10.0. The van der Waals surface area contributed by atoms with Crippen LogP contribution in [0.15, 0.2) is 18.2 Å². The lowest BCUT2D eigenvalue weighted by Crippen LogP contribution is -2.54. The van der Waals surface area contributed by atoms with Crippen LogP contribution in [0.25, 0.3) is 0 Å². The molecule has 1 aromatic carbocycles. The average Bonchev–Trinajstić information content (AvgIpc) is 3.15. The standard InChI is InChI=1S/C23H25F3N4O10/c24-23(25,26)22(36)40-29(7-9-38-11-10-37-8-6-27)17(32)12-39-15-3-1-2-13-18(15)21(35)30(20(13)34)14-4-5-16(31)28-19(14)33/h1-3,14H,4-12,27H2,(H,28,31,33). The van der Waals surface area contributed by atoms with Gasteiger partial charge < -0.3 is 24.8 Å². The topological polar surface area (TPSA) is 184 Å². The third-order valence-corrected chi connectivity index (χ3v) is 5.56. The molecule has 0 spiro atoms. The predicted octanol–water partition coefficient (Wildman–Crippen LogP) is -0.692. The van der Waals surface area contributed by atoms with E-state index >= 15 is 0 Å². The van der Waals surface area contributed by atoms with Crippen LogP contribution < -0.4 is 15.8 Å². The Balaban J connectivity index is 1.68. The highest BCUT2D eigenvalue weighted by molar-refractivity contribution is 6.24. The minimum Gasteiger partial charge on any atom is -0.483 e. The maximum Gasteiger partial charge on any atom is 0.493 e. The number of hydroxylamine groups is 2. The molecule has 3 N–H and O–H groups in total. The number of hydrogen-bond acceptors (Lipinski definition) is 11. The van der Waals surface area contributed by atoms with E-state index in [4.69, 9.17) is 19.9 Å². The highest BCUT2D eigenvalue weighted by Gasteiger charge is 2.46. The maximum absolute atomic E-state index is 13.1.